The lowest BCUT2D eigenvalue weighted by atomic mass is 9.99. The van der Waals surface area contributed by atoms with Gasteiger partial charge in [-0.05, 0) is 37.2 Å². The number of hydrogen-bond acceptors (Lipinski definition) is 6. The number of thioether (sulfide) groups is 1. The summed E-state index contributed by atoms with van der Waals surface area (Å²) in [7, 11) is -4.79. The Bertz CT molecular complexity index is 691. The van der Waals surface area contributed by atoms with Crippen LogP contribution in [0.4, 0.5) is 4.79 Å². The van der Waals surface area contributed by atoms with Crippen LogP contribution in [0, 0.1) is 5.92 Å². The average Bonchev–Trinajstić information content (AvgIpc) is 2.79. The Morgan fingerprint density at radius 3 is 2.60 bits per heavy atom. The van der Waals surface area contributed by atoms with E-state index in [0.717, 1.165) is 24.3 Å². The Morgan fingerprint density at radius 2 is 1.96 bits per heavy atom. The number of amides is 3. The van der Waals surface area contributed by atoms with E-state index in [4.69, 9.17) is 10.3 Å². The van der Waals surface area contributed by atoms with E-state index < -0.39 is 28.5 Å². The second kappa shape index (κ2) is 7.09. The molecule has 0 aromatic heterocycles. The number of hydrogen-bond donors (Lipinski definition) is 2. The van der Waals surface area contributed by atoms with Crippen molar-refractivity contribution in [1.82, 2.24) is 9.96 Å². The Morgan fingerprint density at radius 1 is 1.28 bits per heavy atom. The fraction of sp³-hybridized carbons (Fsp3) is 0.769. The summed E-state index contributed by atoms with van der Waals surface area (Å²) in [5.74, 6) is 1.50. The van der Waals surface area contributed by atoms with Crippen molar-refractivity contribution < 1.29 is 26.8 Å². The predicted octanol–water partition coefficient (Wildman–Crippen LogP) is 0.0164. The second-order valence-corrected chi connectivity index (χ2v) is 8.50. The van der Waals surface area contributed by atoms with E-state index in [1.165, 1.54) is 4.90 Å². The summed E-state index contributed by atoms with van der Waals surface area (Å²) < 4.78 is 34.9. The predicted molar refractivity (Wildman–Crippen MR) is 90.1 cm³/mol. The molecule has 0 aromatic rings. The summed E-state index contributed by atoms with van der Waals surface area (Å²) >= 11 is 1.80. The van der Waals surface area contributed by atoms with Crippen LogP contribution in [-0.2, 0) is 19.5 Å². The van der Waals surface area contributed by atoms with Gasteiger partial charge in [0.25, 0.3) is 5.91 Å². The van der Waals surface area contributed by atoms with Crippen molar-refractivity contribution in [2.45, 2.75) is 37.8 Å². The molecule has 3 amide bonds. The zero-order valence-corrected chi connectivity index (χ0v) is 15.0. The van der Waals surface area contributed by atoms with Gasteiger partial charge in [0.05, 0.1) is 12.1 Å². The van der Waals surface area contributed by atoms with E-state index in [1.807, 2.05) is 0 Å². The van der Waals surface area contributed by atoms with Crippen molar-refractivity contribution in [1.29, 1.82) is 0 Å². The molecule has 12 heteroatoms. The lowest BCUT2D eigenvalue weighted by molar-refractivity contribution is -0.121. The van der Waals surface area contributed by atoms with Crippen LogP contribution in [-0.4, -0.2) is 70.8 Å². The van der Waals surface area contributed by atoms with Crippen molar-refractivity contribution >= 4 is 39.9 Å². The number of rotatable bonds is 4. The molecule has 3 fully saturated rings. The maximum absolute atomic E-state index is 12.3. The molecule has 3 aliphatic rings. The summed E-state index contributed by atoms with van der Waals surface area (Å²) in [5.41, 5.74) is 5.98. The molecule has 0 aliphatic carbocycles. The quantitative estimate of drug-likeness (QED) is 0.387. The van der Waals surface area contributed by atoms with Gasteiger partial charge in [-0.25, -0.2) is 4.79 Å². The Labute approximate surface area is 149 Å². The molecule has 0 saturated carbocycles. The van der Waals surface area contributed by atoms with Gasteiger partial charge in [-0.1, -0.05) is 0 Å². The van der Waals surface area contributed by atoms with Crippen LogP contribution in [0.2, 0.25) is 0 Å². The molecule has 0 aromatic carbocycles. The van der Waals surface area contributed by atoms with Crippen LogP contribution in [0.3, 0.4) is 0 Å². The first-order valence-corrected chi connectivity index (χ1v) is 10.5. The van der Waals surface area contributed by atoms with Crippen LogP contribution in [0.25, 0.3) is 0 Å². The fourth-order valence-electron chi connectivity index (χ4n) is 3.38. The van der Waals surface area contributed by atoms with Gasteiger partial charge in [0, 0.05) is 12.5 Å². The van der Waals surface area contributed by atoms with Crippen LogP contribution in [0.5, 0.6) is 0 Å². The third-order valence-electron chi connectivity index (χ3n) is 4.65. The maximum atomic E-state index is 12.3. The molecular formula is C13H20N4O6S2. The second-order valence-electron chi connectivity index (χ2n) is 6.27. The minimum absolute atomic E-state index is 0.0590. The lowest BCUT2D eigenvalue weighted by Gasteiger charge is -2.29. The van der Waals surface area contributed by atoms with Crippen LogP contribution in [0.15, 0.2) is 4.99 Å². The number of urea groups is 1. The first kappa shape index (κ1) is 18.4. The number of nitrogens with two attached hydrogens (primary N) is 1. The number of amidine groups is 1. The minimum atomic E-state index is -4.79. The largest absolute Gasteiger partial charge is 0.418 e. The van der Waals surface area contributed by atoms with Crippen LogP contribution >= 0.6 is 11.8 Å². The Balaban J connectivity index is 1.70. The van der Waals surface area contributed by atoms with Gasteiger partial charge >= 0.3 is 16.4 Å². The van der Waals surface area contributed by atoms with Gasteiger partial charge in [0.2, 0.25) is 0 Å². The van der Waals surface area contributed by atoms with E-state index in [9.17, 15) is 18.0 Å². The molecule has 3 N–H and O–H groups in total. The Hall–Kier alpha value is -1.37. The smallest absolute Gasteiger partial charge is 0.385 e. The first-order valence-electron chi connectivity index (χ1n) is 7.99. The highest BCUT2D eigenvalue weighted by Crippen LogP contribution is 2.31. The molecule has 3 saturated heterocycles. The molecule has 140 valence electrons. The zero-order valence-electron chi connectivity index (χ0n) is 13.4. The number of carbonyl (C=O) groups is 2. The summed E-state index contributed by atoms with van der Waals surface area (Å²) in [6, 6.07) is -1.80. The first-order chi connectivity index (χ1) is 11.8. The highest BCUT2D eigenvalue weighted by atomic mass is 32.3. The number of carbonyl (C=O) groups excluding carboxylic acids is 2. The van der Waals surface area contributed by atoms with E-state index >= 15 is 0 Å². The lowest BCUT2D eigenvalue weighted by Crippen LogP contribution is -2.48. The van der Waals surface area contributed by atoms with Crippen LogP contribution in [0.1, 0.15) is 25.7 Å². The zero-order chi connectivity index (χ0) is 18.2. The van der Waals surface area contributed by atoms with Gasteiger partial charge in [-0.15, -0.1) is 4.28 Å². The number of aliphatic imine (C=N–C) groups is 1. The molecule has 2 atom stereocenters. The van der Waals surface area contributed by atoms with Crippen molar-refractivity contribution in [2.75, 3.05) is 18.1 Å². The summed E-state index contributed by atoms with van der Waals surface area (Å²) in [6.45, 7) is 0.198. The summed E-state index contributed by atoms with van der Waals surface area (Å²) in [4.78, 5) is 29.9. The highest BCUT2D eigenvalue weighted by Gasteiger charge is 2.48. The number of hydroxylamine groups is 2. The van der Waals surface area contributed by atoms with Gasteiger partial charge in [0.1, 0.15) is 5.84 Å². The van der Waals surface area contributed by atoms with Crippen LogP contribution < -0.4 is 5.73 Å². The van der Waals surface area contributed by atoms with E-state index in [-0.39, 0.29) is 24.2 Å². The monoisotopic (exact) mass is 392 g/mol. The van der Waals surface area contributed by atoms with Crippen molar-refractivity contribution in [2.24, 2.45) is 16.6 Å². The standard InChI is InChI=1S/C13H20N4O6S2/c14-11(15-12(18)8-3-5-24-6-4-8)10-2-1-9-7-16(10)13(19)17(9)23-25(20,21)22/h8-10H,1-7H2,(H2,14,15,18)(H,20,21,22). The van der Waals surface area contributed by atoms with Crippen molar-refractivity contribution in [3.8, 4) is 0 Å². The molecule has 3 heterocycles. The molecule has 0 spiro atoms. The number of nitrogens with zero attached hydrogens (tertiary/aromatic N) is 3. The molecule has 2 bridgehead atoms. The van der Waals surface area contributed by atoms with Gasteiger partial charge in [-0.3, -0.25) is 9.35 Å². The fourth-order valence-corrected chi connectivity index (χ4v) is 4.87. The molecular weight excluding hydrogens is 372 g/mol. The molecule has 3 rings (SSSR count). The van der Waals surface area contributed by atoms with Crippen molar-refractivity contribution in [3.05, 3.63) is 0 Å². The third-order valence-corrected chi connectivity index (χ3v) is 6.05. The average molecular weight is 392 g/mol. The number of fused-ring (bicyclic) bond motifs is 2. The van der Waals surface area contributed by atoms with Gasteiger partial charge in [0.15, 0.2) is 0 Å². The highest BCUT2D eigenvalue weighted by molar-refractivity contribution is 7.99. The summed E-state index contributed by atoms with van der Waals surface area (Å²) in [6.07, 6.45) is 2.40. The molecule has 25 heavy (non-hydrogen) atoms. The minimum Gasteiger partial charge on any atom is -0.385 e. The van der Waals surface area contributed by atoms with E-state index in [2.05, 4.69) is 9.28 Å². The SMILES string of the molecule is NC(=NC(=O)C1CCSCC1)C1CCC2CN1C(=O)N2OS(=O)(=O)O. The van der Waals surface area contributed by atoms with E-state index in [1.54, 1.807) is 11.8 Å². The van der Waals surface area contributed by atoms with Gasteiger partial charge in [-0.2, -0.15) is 30.2 Å². The molecule has 0 radical (unpaired) electrons. The number of piperidine rings is 1. The van der Waals surface area contributed by atoms with E-state index in [0.29, 0.717) is 17.9 Å². The van der Waals surface area contributed by atoms with Crippen molar-refractivity contribution in [3.63, 3.8) is 0 Å². The topological polar surface area (TPSA) is 143 Å². The van der Waals surface area contributed by atoms with Gasteiger partial charge < -0.3 is 10.6 Å². The summed E-state index contributed by atoms with van der Waals surface area (Å²) in [5, 5.41) is 0.642. The third kappa shape index (κ3) is 4.07. The molecule has 10 nitrogen and oxygen atoms in total. The normalized spacial score (nSPS) is 28.5. The Kier molecular flexibility index (Phi) is 5.23. The molecule has 2 unspecified atom stereocenters. The maximum Gasteiger partial charge on any atom is 0.418 e. The molecule has 3 aliphatic heterocycles.